The molecule has 0 unspecified atom stereocenters. The van der Waals surface area contributed by atoms with Gasteiger partial charge >= 0.3 is 0 Å². The van der Waals surface area contributed by atoms with Gasteiger partial charge in [0.05, 0.1) is 21.5 Å². The fraction of sp³-hybridized carbons (Fsp3) is 0.435. The van der Waals surface area contributed by atoms with E-state index in [0.717, 1.165) is 37.4 Å². The number of halogens is 3. The third kappa shape index (κ3) is 5.22. The fourth-order valence-corrected chi connectivity index (χ4v) is 5.00. The first-order chi connectivity index (χ1) is 16.1. The van der Waals surface area contributed by atoms with Gasteiger partial charge in [-0.3, -0.25) is 14.6 Å². The molecule has 11 heteroatoms. The Labute approximate surface area is 201 Å². The number of likely N-dealkylation sites (tertiary alicyclic amines) is 1. The average Bonchev–Trinajstić information content (AvgIpc) is 3.64. The summed E-state index contributed by atoms with van der Waals surface area (Å²) < 4.78 is 52.4. The van der Waals surface area contributed by atoms with E-state index in [1.807, 2.05) is 0 Å². The van der Waals surface area contributed by atoms with Crippen LogP contribution in [0.25, 0.3) is 0 Å². The molecule has 0 radical (unpaired) electrons. The monoisotopic (exact) mass is 511 g/mol. The Balaban J connectivity index is 1.58. The molecule has 2 aliphatic rings. The van der Waals surface area contributed by atoms with Crippen molar-refractivity contribution in [1.82, 2.24) is 15.2 Å². The summed E-state index contributed by atoms with van der Waals surface area (Å²) >= 11 is 5.68. The number of carbonyl (C=O) groups is 2. The maximum absolute atomic E-state index is 14.6. The van der Waals surface area contributed by atoms with Crippen LogP contribution in [0.2, 0.25) is 5.02 Å². The molecule has 2 atom stereocenters. The number of pyridine rings is 1. The molecule has 1 aliphatic heterocycles. The molecule has 1 aliphatic carbocycles. The molecular formula is C23H24ClF2N3O4S. The second-order valence-electron chi connectivity index (χ2n) is 8.80. The van der Waals surface area contributed by atoms with Gasteiger partial charge in [-0.25, -0.2) is 17.2 Å². The molecular weight excluding hydrogens is 488 g/mol. The Morgan fingerprint density at radius 1 is 1.12 bits per heavy atom. The Hall–Kier alpha value is -2.59. The van der Waals surface area contributed by atoms with Crippen molar-refractivity contribution in [1.29, 1.82) is 0 Å². The van der Waals surface area contributed by atoms with Crippen molar-refractivity contribution in [2.75, 3.05) is 12.8 Å². The molecule has 4 rings (SSSR count). The molecule has 1 aromatic carbocycles. The predicted molar refractivity (Wildman–Crippen MR) is 121 cm³/mol. The number of nitrogens with one attached hydrogen (secondary N) is 1. The fourth-order valence-electron chi connectivity index (χ4n) is 4.26. The molecule has 1 saturated carbocycles. The Morgan fingerprint density at radius 2 is 1.85 bits per heavy atom. The van der Waals surface area contributed by atoms with Crippen LogP contribution in [0.5, 0.6) is 0 Å². The largest absolute Gasteiger partial charge is 0.347 e. The molecule has 182 valence electrons. The van der Waals surface area contributed by atoms with Crippen molar-refractivity contribution in [2.45, 2.75) is 49.1 Å². The Kier molecular flexibility index (Phi) is 6.91. The minimum atomic E-state index is -3.57. The average molecular weight is 512 g/mol. The SMILES string of the molecule is CS(=O)(=O)c1cncc(C(=O)N2CCCC[C@@H]2C(=O)N[C@@H](c2cc(F)c(Cl)cc2F)C2CC2)c1. The van der Waals surface area contributed by atoms with Gasteiger partial charge in [0.25, 0.3) is 5.91 Å². The molecule has 7 nitrogen and oxygen atoms in total. The Bertz CT molecular complexity index is 1240. The van der Waals surface area contributed by atoms with Crippen molar-refractivity contribution >= 4 is 33.3 Å². The molecule has 2 amide bonds. The summed E-state index contributed by atoms with van der Waals surface area (Å²) in [6.45, 7) is 0.304. The molecule has 34 heavy (non-hydrogen) atoms. The highest BCUT2D eigenvalue weighted by Gasteiger charge is 2.39. The summed E-state index contributed by atoms with van der Waals surface area (Å²) in [7, 11) is -3.57. The highest BCUT2D eigenvalue weighted by atomic mass is 35.5. The number of rotatable bonds is 6. The molecule has 2 fully saturated rings. The molecule has 1 saturated heterocycles. The molecule has 2 heterocycles. The van der Waals surface area contributed by atoms with Crippen molar-refractivity contribution in [3.05, 3.63) is 58.4 Å². The summed E-state index contributed by atoms with van der Waals surface area (Å²) in [5, 5.41) is 2.49. The van der Waals surface area contributed by atoms with Gasteiger partial charge in [0.1, 0.15) is 17.7 Å². The maximum Gasteiger partial charge on any atom is 0.256 e. The standard InChI is InChI=1S/C23H24ClF2N3O4S/c1-34(32,33)15-8-14(11-27-12-15)23(31)29-7-3-2-4-20(29)22(30)28-21(13-5-6-13)16-9-19(26)17(24)10-18(16)25/h8-13,20-21H,2-7H2,1H3,(H,28,30)/t20-,21-/m1/s1. The van der Waals surface area contributed by atoms with E-state index in [9.17, 15) is 26.8 Å². The van der Waals surface area contributed by atoms with E-state index < -0.39 is 45.4 Å². The highest BCUT2D eigenvalue weighted by Crippen LogP contribution is 2.42. The maximum atomic E-state index is 14.6. The summed E-state index contributed by atoms with van der Waals surface area (Å²) in [5.41, 5.74) is 0.0867. The second kappa shape index (κ2) is 9.58. The number of amides is 2. The lowest BCUT2D eigenvalue weighted by molar-refractivity contribution is -0.127. The van der Waals surface area contributed by atoms with E-state index in [2.05, 4.69) is 10.3 Å². The minimum Gasteiger partial charge on any atom is -0.347 e. The molecule has 0 spiro atoms. The van der Waals surface area contributed by atoms with Gasteiger partial charge in [-0.2, -0.15) is 0 Å². The van der Waals surface area contributed by atoms with E-state index in [0.29, 0.717) is 25.8 Å². The zero-order chi connectivity index (χ0) is 24.6. The number of aromatic nitrogens is 1. The van der Waals surface area contributed by atoms with Gasteiger partial charge in [-0.1, -0.05) is 11.6 Å². The quantitative estimate of drug-likeness (QED) is 0.597. The number of hydrogen-bond acceptors (Lipinski definition) is 5. The second-order valence-corrected chi connectivity index (χ2v) is 11.2. The van der Waals surface area contributed by atoms with Crippen molar-refractivity contribution in [3.63, 3.8) is 0 Å². The van der Waals surface area contributed by atoms with E-state index in [1.54, 1.807) is 0 Å². The zero-order valence-corrected chi connectivity index (χ0v) is 20.0. The van der Waals surface area contributed by atoms with Gasteiger partial charge < -0.3 is 10.2 Å². The molecule has 0 bridgehead atoms. The highest BCUT2D eigenvalue weighted by molar-refractivity contribution is 7.90. The summed E-state index contributed by atoms with van der Waals surface area (Å²) in [4.78, 5) is 31.7. The smallest absolute Gasteiger partial charge is 0.256 e. The normalized spacial score (nSPS) is 19.5. The first kappa shape index (κ1) is 24.5. The molecule has 2 aromatic rings. The summed E-state index contributed by atoms with van der Waals surface area (Å²) in [6, 6.07) is 1.57. The third-order valence-electron chi connectivity index (χ3n) is 6.22. The van der Waals surface area contributed by atoms with Crippen LogP contribution in [0.3, 0.4) is 0 Å². The van der Waals surface area contributed by atoms with Crippen LogP contribution < -0.4 is 5.32 Å². The van der Waals surface area contributed by atoms with Crippen LogP contribution >= 0.6 is 11.6 Å². The zero-order valence-electron chi connectivity index (χ0n) is 18.4. The van der Waals surface area contributed by atoms with Crippen molar-refractivity contribution in [2.24, 2.45) is 5.92 Å². The van der Waals surface area contributed by atoms with Crippen LogP contribution in [0.4, 0.5) is 8.78 Å². The van der Waals surface area contributed by atoms with Crippen LogP contribution in [0, 0.1) is 17.6 Å². The summed E-state index contributed by atoms with van der Waals surface area (Å²) in [6.07, 6.45) is 6.74. The van der Waals surface area contributed by atoms with E-state index in [1.165, 1.54) is 17.2 Å². The van der Waals surface area contributed by atoms with E-state index >= 15 is 0 Å². The third-order valence-corrected chi connectivity index (χ3v) is 7.59. The first-order valence-corrected chi connectivity index (χ1v) is 13.2. The van der Waals surface area contributed by atoms with Gasteiger partial charge in [0.15, 0.2) is 9.84 Å². The van der Waals surface area contributed by atoms with Gasteiger partial charge in [0.2, 0.25) is 5.91 Å². The number of sulfone groups is 1. The lowest BCUT2D eigenvalue weighted by Gasteiger charge is -2.36. The van der Waals surface area contributed by atoms with Crippen molar-refractivity contribution < 1.29 is 26.8 Å². The number of carbonyl (C=O) groups excluding carboxylic acids is 2. The lowest BCUT2D eigenvalue weighted by Crippen LogP contribution is -2.52. The van der Waals surface area contributed by atoms with Gasteiger partial charge in [-0.05, 0) is 56.2 Å². The lowest BCUT2D eigenvalue weighted by atomic mass is 9.97. The van der Waals surface area contributed by atoms with Gasteiger partial charge in [-0.15, -0.1) is 0 Å². The number of piperidine rings is 1. The number of hydrogen-bond donors (Lipinski definition) is 1. The minimum absolute atomic E-state index is 0.0245. The van der Waals surface area contributed by atoms with Crippen LogP contribution in [0.15, 0.2) is 35.5 Å². The first-order valence-electron chi connectivity index (χ1n) is 11.0. The number of benzene rings is 1. The van der Waals surface area contributed by atoms with E-state index in [-0.39, 0.29) is 27.0 Å². The van der Waals surface area contributed by atoms with Crippen LogP contribution in [0.1, 0.15) is 54.1 Å². The van der Waals surface area contributed by atoms with E-state index in [4.69, 9.17) is 11.6 Å². The van der Waals surface area contributed by atoms with Gasteiger partial charge in [0, 0.05) is 30.8 Å². The van der Waals surface area contributed by atoms with Crippen LogP contribution in [-0.2, 0) is 14.6 Å². The molecule has 1 aromatic heterocycles. The summed E-state index contributed by atoms with van der Waals surface area (Å²) in [5.74, 6) is -2.49. The topological polar surface area (TPSA) is 96.4 Å². The predicted octanol–water partition coefficient (Wildman–Crippen LogP) is 3.68. The number of nitrogens with zero attached hydrogens (tertiary/aromatic N) is 2. The molecule has 1 N–H and O–H groups in total. The van der Waals surface area contributed by atoms with Crippen LogP contribution in [-0.4, -0.2) is 49.0 Å². The van der Waals surface area contributed by atoms with Crippen molar-refractivity contribution in [3.8, 4) is 0 Å². The Morgan fingerprint density at radius 3 is 2.53 bits per heavy atom.